The van der Waals surface area contributed by atoms with E-state index in [0.717, 1.165) is 47.0 Å². The highest BCUT2D eigenvalue weighted by molar-refractivity contribution is 5.83. The third-order valence-corrected chi connectivity index (χ3v) is 4.73. The quantitative estimate of drug-likeness (QED) is 0.783. The zero-order chi connectivity index (χ0) is 16.7. The lowest BCUT2D eigenvalue weighted by atomic mass is 10.0. The third-order valence-electron chi connectivity index (χ3n) is 4.73. The lowest BCUT2D eigenvalue weighted by molar-refractivity contribution is 0.416. The predicted octanol–water partition coefficient (Wildman–Crippen LogP) is 3.35. The number of aryl methyl sites for hydroxylation is 2. The molecule has 0 amide bonds. The molecule has 0 aliphatic heterocycles. The Morgan fingerprint density at radius 1 is 1.33 bits per heavy atom. The molecule has 5 heteroatoms. The molecule has 1 fully saturated rings. The first kappa shape index (κ1) is 15.0. The number of fused-ring (bicyclic) bond motifs is 1. The zero-order valence-corrected chi connectivity index (χ0v) is 14.0. The summed E-state index contributed by atoms with van der Waals surface area (Å²) in [6.07, 6.45) is 4.62. The van der Waals surface area contributed by atoms with Gasteiger partial charge in [-0.05, 0) is 31.7 Å². The second-order valence-corrected chi connectivity index (χ2v) is 6.54. The molecule has 2 heterocycles. The Morgan fingerprint density at radius 3 is 2.88 bits per heavy atom. The average Bonchev–Trinajstić information content (AvgIpc) is 3.35. The van der Waals surface area contributed by atoms with E-state index >= 15 is 0 Å². The van der Waals surface area contributed by atoms with Crippen molar-refractivity contribution < 1.29 is 4.74 Å². The molecular formula is C19H21N3O2. The van der Waals surface area contributed by atoms with Crippen molar-refractivity contribution in [2.45, 2.75) is 32.6 Å². The Kier molecular flexibility index (Phi) is 3.63. The SMILES string of the molecule is COc1ccccc1-c1c(C)[nH]n2c(=O)cc(CCC3CC3)nc12. The van der Waals surface area contributed by atoms with Crippen molar-refractivity contribution >= 4 is 5.65 Å². The largest absolute Gasteiger partial charge is 0.496 e. The maximum absolute atomic E-state index is 12.5. The molecule has 0 unspecified atom stereocenters. The van der Waals surface area contributed by atoms with Gasteiger partial charge in [-0.25, -0.2) is 9.50 Å². The second-order valence-electron chi connectivity index (χ2n) is 6.54. The molecule has 0 bridgehead atoms. The molecule has 0 saturated heterocycles. The summed E-state index contributed by atoms with van der Waals surface area (Å²) in [5.41, 5.74) is 4.27. The van der Waals surface area contributed by atoms with Crippen LogP contribution in [0, 0.1) is 12.8 Å². The molecule has 1 aliphatic carbocycles. The van der Waals surface area contributed by atoms with Crippen LogP contribution in [0.25, 0.3) is 16.8 Å². The van der Waals surface area contributed by atoms with E-state index in [2.05, 4.69) is 5.10 Å². The topological polar surface area (TPSA) is 59.4 Å². The van der Waals surface area contributed by atoms with Crippen LogP contribution in [-0.4, -0.2) is 21.7 Å². The first-order valence-electron chi connectivity index (χ1n) is 8.42. The van der Waals surface area contributed by atoms with Gasteiger partial charge in [-0.1, -0.05) is 31.0 Å². The molecule has 24 heavy (non-hydrogen) atoms. The Morgan fingerprint density at radius 2 is 2.12 bits per heavy atom. The number of hydrogen-bond donors (Lipinski definition) is 1. The van der Waals surface area contributed by atoms with E-state index in [1.54, 1.807) is 13.2 Å². The summed E-state index contributed by atoms with van der Waals surface area (Å²) >= 11 is 0. The normalized spacial score (nSPS) is 14.2. The highest BCUT2D eigenvalue weighted by Gasteiger charge is 2.22. The van der Waals surface area contributed by atoms with Gasteiger partial charge in [-0.15, -0.1) is 0 Å². The minimum absolute atomic E-state index is 0.0601. The minimum atomic E-state index is -0.0601. The molecule has 0 radical (unpaired) electrons. The van der Waals surface area contributed by atoms with Crippen LogP contribution in [0.2, 0.25) is 0 Å². The van der Waals surface area contributed by atoms with Gasteiger partial charge in [-0.3, -0.25) is 9.89 Å². The minimum Gasteiger partial charge on any atom is -0.496 e. The third kappa shape index (κ3) is 2.60. The fourth-order valence-electron chi connectivity index (χ4n) is 3.26. The number of aromatic amines is 1. The summed E-state index contributed by atoms with van der Waals surface area (Å²) in [5, 5.41) is 3.14. The van der Waals surface area contributed by atoms with Gasteiger partial charge < -0.3 is 4.74 Å². The molecule has 124 valence electrons. The van der Waals surface area contributed by atoms with Gasteiger partial charge in [0, 0.05) is 23.0 Å². The fourth-order valence-corrected chi connectivity index (χ4v) is 3.26. The van der Waals surface area contributed by atoms with Crippen molar-refractivity contribution in [3.8, 4) is 16.9 Å². The Labute approximate surface area is 140 Å². The zero-order valence-electron chi connectivity index (χ0n) is 14.0. The van der Waals surface area contributed by atoms with Crippen LogP contribution >= 0.6 is 0 Å². The Hall–Kier alpha value is -2.56. The summed E-state index contributed by atoms with van der Waals surface area (Å²) in [6, 6.07) is 9.48. The number of hydrogen-bond acceptors (Lipinski definition) is 3. The molecule has 0 spiro atoms. The molecular weight excluding hydrogens is 302 g/mol. The number of aromatic nitrogens is 3. The van der Waals surface area contributed by atoms with Crippen molar-refractivity contribution in [2.24, 2.45) is 5.92 Å². The Bertz CT molecular complexity index is 951. The number of para-hydroxylation sites is 1. The first-order chi connectivity index (χ1) is 11.7. The van der Waals surface area contributed by atoms with Crippen molar-refractivity contribution in [2.75, 3.05) is 7.11 Å². The van der Waals surface area contributed by atoms with Gasteiger partial charge in [0.1, 0.15) is 5.75 Å². The van der Waals surface area contributed by atoms with Crippen LogP contribution in [0.1, 0.15) is 30.7 Å². The van der Waals surface area contributed by atoms with E-state index in [1.165, 1.54) is 17.4 Å². The monoisotopic (exact) mass is 323 g/mol. The summed E-state index contributed by atoms with van der Waals surface area (Å²) in [5.74, 6) is 1.60. The fraction of sp³-hybridized carbons (Fsp3) is 0.368. The lowest BCUT2D eigenvalue weighted by Gasteiger charge is -2.08. The molecule has 3 aromatic rings. The van der Waals surface area contributed by atoms with Crippen LogP contribution in [0.15, 0.2) is 35.1 Å². The van der Waals surface area contributed by atoms with E-state index < -0.39 is 0 Å². The Balaban J connectivity index is 1.87. The number of benzene rings is 1. The van der Waals surface area contributed by atoms with Crippen LogP contribution in [-0.2, 0) is 6.42 Å². The summed E-state index contributed by atoms with van der Waals surface area (Å²) in [4.78, 5) is 17.3. The van der Waals surface area contributed by atoms with Crippen LogP contribution in [0.3, 0.4) is 0 Å². The van der Waals surface area contributed by atoms with Crippen LogP contribution in [0.5, 0.6) is 5.75 Å². The van der Waals surface area contributed by atoms with E-state index in [0.29, 0.717) is 5.65 Å². The van der Waals surface area contributed by atoms with E-state index in [9.17, 15) is 4.79 Å². The molecule has 4 rings (SSSR count). The van der Waals surface area contributed by atoms with Gasteiger partial charge in [0.25, 0.3) is 5.56 Å². The highest BCUT2D eigenvalue weighted by atomic mass is 16.5. The highest BCUT2D eigenvalue weighted by Crippen LogP contribution is 2.35. The molecule has 1 saturated carbocycles. The lowest BCUT2D eigenvalue weighted by Crippen LogP contribution is -2.15. The van der Waals surface area contributed by atoms with Crippen molar-refractivity contribution in [3.05, 3.63) is 52.1 Å². The molecule has 0 atom stereocenters. The number of nitrogens with one attached hydrogen (secondary N) is 1. The summed E-state index contributed by atoms with van der Waals surface area (Å²) in [6.45, 7) is 1.96. The maximum Gasteiger partial charge on any atom is 0.272 e. The maximum atomic E-state index is 12.5. The van der Waals surface area contributed by atoms with Crippen molar-refractivity contribution in [1.82, 2.24) is 14.6 Å². The molecule has 1 aromatic carbocycles. The number of H-pyrrole nitrogens is 1. The van der Waals surface area contributed by atoms with Gasteiger partial charge in [0.15, 0.2) is 5.65 Å². The summed E-state index contributed by atoms with van der Waals surface area (Å²) < 4.78 is 7.02. The number of ether oxygens (including phenoxy) is 1. The average molecular weight is 323 g/mol. The second kappa shape index (κ2) is 5.82. The smallest absolute Gasteiger partial charge is 0.272 e. The van der Waals surface area contributed by atoms with E-state index in [1.807, 2.05) is 31.2 Å². The number of nitrogens with zero attached hydrogens (tertiary/aromatic N) is 2. The molecule has 2 aromatic heterocycles. The number of methoxy groups -OCH3 is 1. The van der Waals surface area contributed by atoms with Gasteiger partial charge in [-0.2, -0.15) is 0 Å². The van der Waals surface area contributed by atoms with Crippen LogP contribution in [0.4, 0.5) is 0 Å². The predicted molar refractivity (Wildman–Crippen MR) is 93.6 cm³/mol. The van der Waals surface area contributed by atoms with E-state index in [4.69, 9.17) is 9.72 Å². The summed E-state index contributed by atoms with van der Waals surface area (Å²) in [7, 11) is 1.66. The first-order valence-corrected chi connectivity index (χ1v) is 8.42. The molecule has 1 N–H and O–H groups in total. The van der Waals surface area contributed by atoms with Crippen molar-refractivity contribution in [3.63, 3.8) is 0 Å². The van der Waals surface area contributed by atoms with Crippen LogP contribution < -0.4 is 10.3 Å². The van der Waals surface area contributed by atoms with Gasteiger partial charge in [0.05, 0.1) is 12.7 Å². The number of rotatable bonds is 5. The molecule has 5 nitrogen and oxygen atoms in total. The van der Waals surface area contributed by atoms with Gasteiger partial charge in [0.2, 0.25) is 0 Å². The van der Waals surface area contributed by atoms with E-state index in [-0.39, 0.29) is 5.56 Å². The van der Waals surface area contributed by atoms with Gasteiger partial charge >= 0.3 is 0 Å². The van der Waals surface area contributed by atoms with Crippen molar-refractivity contribution in [1.29, 1.82) is 0 Å². The molecule has 1 aliphatic rings. The standard InChI is InChI=1S/C19H21N3O2/c1-12-18(15-5-3-4-6-16(15)24-2)19-20-14(10-9-13-7-8-13)11-17(23)22(19)21-12/h3-6,11,13,21H,7-10H2,1-2H3.